The molecule has 3 aromatic rings. The van der Waals surface area contributed by atoms with Crippen molar-refractivity contribution in [2.45, 2.75) is 71.4 Å². The van der Waals surface area contributed by atoms with E-state index in [0.717, 1.165) is 50.4 Å². The molecule has 1 aliphatic heterocycles. The number of ether oxygens (including phenoxy) is 4. The minimum absolute atomic E-state index is 0.678. The fourth-order valence-electron chi connectivity index (χ4n) is 5.25. The molecule has 246 valence electrons. The highest BCUT2D eigenvalue weighted by atomic mass is 19.1. The zero-order chi connectivity index (χ0) is 33.2. The molecule has 0 unspecified atom stereocenters. The quantitative estimate of drug-likeness (QED) is 0.0834. The van der Waals surface area contributed by atoms with Crippen LogP contribution in [0.25, 0.3) is 17.0 Å². The fraction of sp³-hybridized carbons (Fsp3) is 0.394. The zero-order valence-electron chi connectivity index (χ0n) is 26.0. The largest absolute Gasteiger partial charge is 0.456 e. The molecule has 2 heterocycles. The number of alkyl halides is 1. The van der Waals surface area contributed by atoms with Crippen LogP contribution >= 0.6 is 0 Å². The predicted octanol–water partition coefficient (Wildman–Crippen LogP) is 3.36. The van der Waals surface area contributed by atoms with Crippen molar-refractivity contribution in [3.8, 4) is 0 Å². The van der Waals surface area contributed by atoms with E-state index in [1.54, 1.807) is 6.08 Å². The molecule has 1 aromatic heterocycles. The number of hydroxylamine groups is 1. The lowest BCUT2D eigenvalue weighted by Gasteiger charge is -2.43. The van der Waals surface area contributed by atoms with Crippen LogP contribution in [0, 0.1) is 6.92 Å². The van der Waals surface area contributed by atoms with Crippen molar-refractivity contribution in [3.63, 3.8) is 0 Å². The van der Waals surface area contributed by atoms with Gasteiger partial charge in [-0.15, -0.1) is 0 Å². The van der Waals surface area contributed by atoms with Crippen molar-refractivity contribution in [2.75, 3.05) is 13.2 Å². The van der Waals surface area contributed by atoms with Gasteiger partial charge >= 0.3 is 17.9 Å². The molecule has 5 atom stereocenters. The van der Waals surface area contributed by atoms with Crippen molar-refractivity contribution in [1.29, 1.82) is 0 Å². The molecule has 0 aliphatic carbocycles. The maximum atomic E-state index is 13.9. The minimum atomic E-state index is -1.59. The molecule has 0 radical (unpaired) electrons. The van der Waals surface area contributed by atoms with Gasteiger partial charge in [0.25, 0.3) is 5.91 Å². The maximum Gasteiger partial charge on any atom is 0.303 e. The van der Waals surface area contributed by atoms with Gasteiger partial charge in [0.05, 0.1) is 0 Å². The number of hydrogen-bond acceptors (Lipinski definition) is 10. The van der Waals surface area contributed by atoms with Crippen LogP contribution in [0.15, 0.2) is 54.6 Å². The van der Waals surface area contributed by atoms with Crippen LogP contribution in [-0.4, -0.2) is 72.7 Å². The Hall–Kier alpha value is -4.59. The number of carbonyl (C=O) groups is 4. The van der Waals surface area contributed by atoms with Gasteiger partial charge in [0, 0.05) is 50.0 Å². The first kappa shape index (κ1) is 34.3. The number of esters is 3. The molecule has 0 spiro atoms. The lowest BCUT2D eigenvalue weighted by Crippen LogP contribution is -2.63. The Labute approximate surface area is 265 Å². The van der Waals surface area contributed by atoms with Crippen molar-refractivity contribution in [3.05, 3.63) is 77.0 Å². The molecular formula is C33H38FN3O9. The summed E-state index contributed by atoms with van der Waals surface area (Å²) in [5.41, 5.74) is 7.58. The van der Waals surface area contributed by atoms with E-state index in [0.29, 0.717) is 6.54 Å². The van der Waals surface area contributed by atoms with Gasteiger partial charge in [-0.3, -0.25) is 19.2 Å². The van der Waals surface area contributed by atoms with E-state index in [2.05, 4.69) is 34.8 Å². The van der Waals surface area contributed by atoms with Gasteiger partial charge in [-0.05, 0) is 48.7 Å². The summed E-state index contributed by atoms with van der Waals surface area (Å²) in [6.45, 7) is 5.65. The van der Waals surface area contributed by atoms with E-state index >= 15 is 0 Å². The van der Waals surface area contributed by atoms with Gasteiger partial charge in [-0.1, -0.05) is 42.5 Å². The average Bonchev–Trinajstić information content (AvgIpc) is 3.33. The van der Waals surface area contributed by atoms with Crippen LogP contribution in [0.3, 0.4) is 0 Å². The maximum absolute atomic E-state index is 13.9. The first-order valence-electron chi connectivity index (χ1n) is 14.8. The normalized spacial score (nSPS) is 21.2. The van der Waals surface area contributed by atoms with Gasteiger partial charge in [0.1, 0.15) is 12.8 Å². The van der Waals surface area contributed by atoms with Crippen LogP contribution in [0.5, 0.6) is 0 Å². The molecule has 0 saturated carbocycles. The Kier molecular flexibility index (Phi) is 12.0. The number of para-hydroxylation sites is 1. The first-order valence-corrected chi connectivity index (χ1v) is 14.8. The fourth-order valence-corrected chi connectivity index (χ4v) is 5.25. The molecule has 0 bridgehead atoms. The summed E-state index contributed by atoms with van der Waals surface area (Å²) in [5.74, 6) is -3.13. The number of benzene rings is 2. The van der Waals surface area contributed by atoms with Crippen molar-refractivity contribution in [2.24, 2.45) is 0 Å². The molecule has 1 fully saturated rings. The molecule has 3 N–H and O–H groups in total. The third-order valence-corrected chi connectivity index (χ3v) is 7.24. The standard InChI is InChI=1S/C33H38FN3O9/c1-19-25(26-7-5-6-8-27(26)36-19)15-16-35-18-24-11-9-23(10-12-24)13-14-29(41)37-46-33-32(44-22(4)40)31(43-21(3)39)30(42-20(2)38)28(17-34)45-33/h5-14,28,30-33,35-36H,15-18H2,1-4H3,(H,37,41)/b14-13+/t28-,30+,31+,32-,33+/m1/s1. The van der Waals surface area contributed by atoms with Gasteiger partial charge in [0.15, 0.2) is 18.3 Å². The van der Waals surface area contributed by atoms with Gasteiger partial charge < -0.3 is 29.2 Å². The molecule has 4 rings (SSSR count). The first-order chi connectivity index (χ1) is 22.0. The molecule has 1 aliphatic rings. The molecule has 1 amide bonds. The number of nitrogens with one attached hydrogen (secondary N) is 3. The molecule has 46 heavy (non-hydrogen) atoms. The summed E-state index contributed by atoms with van der Waals surface area (Å²) in [7, 11) is 0. The second kappa shape index (κ2) is 16.1. The van der Waals surface area contributed by atoms with Crippen LogP contribution < -0.4 is 10.8 Å². The average molecular weight is 640 g/mol. The van der Waals surface area contributed by atoms with Crippen LogP contribution in [0.4, 0.5) is 4.39 Å². The zero-order valence-corrected chi connectivity index (χ0v) is 26.0. The number of aromatic amines is 1. The number of halogens is 1. The van der Waals surface area contributed by atoms with E-state index in [-0.39, 0.29) is 0 Å². The second-order valence-electron chi connectivity index (χ2n) is 10.8. The Morgan fingerprint density at radius 1 is 0.913 bits per heavy atom. The number of aromatic nitrogens is 1. The number of rotatable bonds is 13. The van der Waals surface area contributed by atoms with E-state index in [9.17, 15) is 23.6 Å². The summed E-state index contributed by atoms with van der Waals surface area (Å²) >= 11 is 0. The third kappa shape index (κ3) is 9.22. The van der Waals surface area contributed by atoms with Gasteiger partial charge in [-0.2, -0.15) is 0 Å². The number of aryl methyl sites for hydroxylation is 1. The lowest BCUT2D eigenvalue weighted by molar-refractivity contribution is -0.315. The summed E-state index contributed by atoms with van der Waals surface area (Å²) in [4.78, 5) is 56.5. The minimum Gasteiger partial charge on any atom is -0.456 e. The topological polar surface area (TPSA) is 154 Å². The molecule has 13 heteroatoms. The number of hydrogen-bond donors (Lipinski definition) is 3. The number of H-pyrrole nitrogens is 1. The molecule has 2 aromatic carbocycles. The Morgan fingerprint density at radius 3 is 2.24 bits per heavy atom. The summed E-state index contributed by atoms with van der Waals surface area (Å²) in [6.07, 6.45) is -3.77. The van der Waals surface area contributed by atoms with Crippen LogP contribution in [0.2, 0.25) is 0 Å². The van der Waals surface area contributed by atoms with E-state index in [1.165, 1.54) is 22.7 Å². The number of carbonyl (C=O) groups excluding carboxylic acids is 4. The van der Waals surface area contributed by atoms with Gasteiger partial charge in [-0.25, -0.2) is 14.7 Å². The summed E-state index contributed by atoms with van der Waals surface area (Å²) < 4.78 is 34.9. The molecular weight excluding hydrogens is 601 g/mol. The van der Waals surface area contributed by atoms with Crippen LogP contribution in [-0.2, 0) is 55.9 Å². The van der Waals surface area contributed by atoms with E-state index in [1.807, 2.05) is 36.4 Å². The number of amides is 1. The van der Waals surface area contributed by atoms with Crippen molar-refractivity contribution >= 4 is 40.8 Å². The smallest absolute Gasteiger partial charge is 0.303 e. The predicted molar refractivity (Wildman–Crippen MR) is 164 cm³/mol. The van der Waals surface area contributed by atoms with Crippen LogP contribution in [0.1, 0.15) is 43.2 Å². The SMILES string of the molecule is CC(=O)O[C@H]1[C@@H](OC(C)=O)[C@@H](CF)O[C@@H](ONC(=O)/C=C/c2ccc(CNCCc3c(C)[nH]c4ccccc34)cc2)[C@@H]1OC(C)=O. The summed E-state index contributed by atoms with van der Waals surface area (Å²) in [6, 6.07) is 15.9. The summed E-state index contributed by atoms with van der Waals surface area (Å²) in [5, 5.41) is 4.71. The van der Waals surface area contributed by atoms with Crippen molar-refractivity contribution in [1.82, 2.24) is 15.8 Å². The third-order valence-electron chi connectivity index (χ3n) is 7.24. The monoisotopic (exact) mass is 639 g/mol. The highest BCUT2D eigenvalue weighted by Gasteiger charge is 2.53. The highest BCUT2D eigenvalue weighted by Crippen LogP contribution is 2.29. The highest BCUT2D eigenvalue weighted by molar-refractivity contribution is 5.91. The van der Waals surface area contributed by atoms with Crippen molar-refractivity contribution < 1.29 is 47.4 Å². The Balaban J connectivity index is 1.30. The second-order valence-corrected chi connectivity index (χ2v) is 10.8. The van der Waals surface area contributed by atoms with E-state index in [4.69, 9.17) is 23.8 Å². The van der Waals surface area contributed by atoms with Gasteiger partial charge in [0.2, 0.25) is 6.29 Å². The number of fused-ring (bicyclic) bond motifs is 1. The van der Waals surface area contributed by atoms with E-state index < -0.39 is 61.2 Å². The Morgan fingerprint density at radius 2 is 1.57 bits per heavy atom. The molecule has 1 saturated heterocycles. The Bertz CT molecular complexity index is 1560. The lowest BCUT2D eigenvalue weighted by atomic mass is 9.98. The molecule has 12 nitrogen and oxygen atoms in total.